The maximum Gasteiger partial charge on any atom is 0.266 e. The standard InChI is InChI=1S/C11H16N6O2S/c1-3-12-7-9-11(8(2)14-15-9)20(18,19)17-10-5-4-6-13-16-10/h4-6,12H,3,7H2,1-2H3,(H,14,15)(H,16,17). The predicted molar refractivity (Wildman–Crippen MR) is 73.5 cm³/mol. The van der Waals surface area contributed by atoms with Crippen molar-refractivity contribution in [1.29, 1.82) is 0 Å². The van der Waals surface area contributed by atoms with E-state index in [4.69, 9.17) is 0 Å². The minimum atomic E-state index is -3.75. The Bertz CT molecular complexity index is 667. The van der Waals surface area contributed by atoms with Crippen LogP contribution in [0.2, 0.25) is 0 Å². The van der Waals surface area contributed by atoms with Crippen LogP contribution >= 0.6 is 0 Å². The Labute approximate surface area is 117 Å². The maximum atomic E-state index is 12.4. The highest BCUT2D eigenvalue weighted by Crippen LogP contribution is 2.20. The lowest BCUT2D eigenvalue weighted by molar-refractivity contribution is 0.597. The van der Waals surface area contributed by atoms with Crippen LogP contribution in [0.3, 0.4) is 0 Å². The van der Waals surface area contributed by atoms with Crippen LogP contribution in [0.25, 0.3) is 0 Å². The van der Waals surface area contributed by atoms with Crippen molar-refractivity contribution in [2.75, 3.05) is 11.3 Å². The summed E-state index contributed by atoms with van der Waals surface area (Å²) in [6.07, 6.45) is 1.47. The van der Waals surface area contributed by atoms with Gasteiger partial charge in [0.25, 0.3) is 10.0 Å². The highest BCUT2D eigenvalue weighted by molar-refractivity contribution is 7.92. The third kappa shape index (κ3) is 3.11. The lowest BCUT2D eigenvalue weighted by atomic mass is 10.3. The Morgan fingerprint density at radius 3 is 2.85 bits per heavy atom. The normalized spacial score (nSPS) is 11.5. The molecule has 0 aliphatic heterocycles. The number of aryl methyl sites for hydroxylation is 1. The molecule has 0 unspecified atom stereocenters. The van der Waals surface area contributed by atoms with E-state index in [1.54, 1.807) is 13.0 Å². The topological polar surface area (TPSA) is 113 Å². The second-order valence-corrected chi connectivity index (χ2v) is 5.74. The van der Waals surface area contributed by atoms with E-state index in [1.165, 1.54) is 12.3 Å². The number of rotatable bonds is 6. The molecule has 3 N–H and O–H groups in total. The number of anilines is 1. The lowest BCUT2D eigenvalue weighted by Gasteiger charge is -2.08. The molecule has 20 heavy (non-hydrogen) atoms. The van der Waals surface area contributed by atoms with Gasteiger partial charge < -0.3 is 5.32 Å². The van der Waals surface area contributed by atoms with Crippen molar-refractivity contribution in [2.24, 2.45) is 0 Å². The SMILES string of the molecule is CCNCc1n[nH]c(C)c1S(=O)(=O)Nc1cccnn1. The molecule has 2 aromatic heterocycles. The molecule has 108 valence electrons. The summed E-state index contributed by atoms with van der Waals surface area (Å²) in [4.78, 5) is 0.143. The van der Waals surface area contributed by atoms with Crippen LogP contribution in [0.5, 0.6) is 0 Å². The summed E-state index contributed by atoms with van der Waals surface area (Å²) in [5, 5.41) is 17.1. The van der Waals surface area contributed by atoms with Gasteiger partial charge in [-0.1, -0.05) is 6.92 Å². The monoisotopic (exact) mass is 296 g/mol. The van der Waals surface area contributed by atoms with Crippen molar-refractivity contribution in [3.05, 3.63) is 29.7 Å². The number of aromatic nitrogens is 4. The highest BCUT2D eigenvalue weighted by atomic mass is 32.2. The first kappa shape index (κ1) is 14.4. The van der Waals surface area contributed by atoms with Crippen LogP contribution in [0, 0.1) is 6.92 Å². The zero-order chi connectivity index (χ0) is 14.6. The minimum Gasteiger partial charge on any atom is -0.311 e. The van der Waals surface area contributed by atoms with Crippen molar-refractivity contribution >= 4 is 15.8 Å². The summed E-state index contributed by atoms with van der Waals surface area (Å²) in [6.45, 7) is 4.69. The highest BCUT2D eigenvalue weighted by Gasteiger charge is 2.24. The largest absolute Gasteiger partial charge is 0.311 e. The maximum absolute atomic E-state index is 12.4. The van der Waals surface area contributed by atoms with Gasteiger partial charge in [0.15, 0.2) is 5.82 Å². The number of nitrogens with zero attached hydrogens (tertiary/aromatic N) is 3. The first-order valence-corrected chi connectivity index (χ1v) is 7.58. The number of aromatic amines is 1. The van der Waals surface area contributed by atoms with Crippen molar-refractivity contribution < 1.29 is 8.42 Å². The average Bonchev–Trinajstić information content (AvgIpc) is 2.79. The molecule has 0 aliphatic carbocycles. The number of nitrogens with one attached hydrogen (secondary N) is 3. The molecule has 0 saturated carbocycles. The molecule has 9 heteroatoms. The molecular weight excluding hydrogens is 280 g/mol. The third-order valence-corrected chi connectivity index (χ3v) is 4.14. The van der Waals surface area contributed by atoms with Gasteiger partial charge in [-0.3, -0.25) is 9.82 Å². The van der Waals surface area contributed by atoms with E-state index in [2.05, 4.69) is 30.4 Å². The summed E-state index contributed by atoms with van der Waals surface area (Å²) in [5.41, 5.74) is 0.926. The fourth-order valence-corrected chi connectivity index (χ4v) is 3.10. The van der Waals surface area contributed by atoms with Crippen molar-refractivity contribution in [1.82, 2.24) is 25.7 Å². The predicted octanol–water partition coefficient (Wildman–Crippen LogP) is 0.418. The Balaban J connectivity index is 2.32. The van der Waals surface area contributed by atoms with E-state index >= 15 is 0 Å². The first-order valence-electron chi connectivity index (χ1n) is 6.09. The zero-order valence-electron chi connectivity index (χ0n) is 11.2. The Hall–Kier alpha value is -2.00. The summed E-state index contributed by atoms with van der Waals surface area (Å²) < 4.78 is 27.2. The summed E-state index contributed by atoms with van der Waals surface area (Å²) in [5.74, 6) is 0.169. The summed E-state index contributed by atoms with van der Waals surface area (Å²) in [7, 11) is -3.75. The molecule has 0 atom stereocenters. The molecule has 0 radical (unpaired) electrons. The Kier molecular flexibility index (Phi) is 4.30. The van der Waals surface area contributed by atoms with E-state index in [9.17, 15) is 8.42 Å². The number of sulfonamides is 1. The van der Waals surface area contributed by atoms with Gasteiger partial charge in [0.05, 0.1) is 11.4 Å². The summed E-state index contributed by atoms with van der Waals surface area (Å²) in [6, 6.07) is 3.14. The average molecular weight is 296 g/mol. The van der Waals surface area contributed by atoms with Crippen molar-refractivity contribution in [3.8, 4) is 0 Å². The Morgan fingerprint density at radius 1 is 1.40 bits per heavy atom. The molecule has 2 rings (SSSR count). The van der Waals surface area contributed by atoms with Crippen molar-refractivity contribution in [2.45, 2.75) is 25.3 Å². The van der Waals surface area contributed by atoms with E-state index in [-0.39, 0.29) is 10.7 Å². The molecular formula is C11H16N6O2S. The third-order valence-electron chi connectivity index (χ3n) is 2.58. The van der Waals surface area contributed by atoms with E-state index in [1.807, 2.05) is 6.92 Å². The van der Waals surface area contributed by atoms with Gasteiger partial charge in [-0.25, -0.2) is 8.42 Å². The van der Waals surface area contributed by atoms with Crippen LogP contribution < -0.4 is 10.0 Å². The van der Waals surface area contributed by atoms with E-state index in [0.29, 0.717) is 17.9 Å². The van der Waals surface area contributed by atoms with Crippen molar-refractivity contribution in [3.63, 3.8) is 0 Å². The van der Waals surface area contributed by atoms with Crippen LogP contribution in [-0.2, 0) is 16.6 Å². The number of hydrogen-bond donors (Lipinski definition) is 3. The van der Waals surface area contributed by atoms with Crippen LogP contribution in [-0.4, -0.2) is 35.4 Å². The van der Waals surface area contributed by atoms with E-state index < -0.39 is 10.0 Å². The van der Waals surface area contributed by atoms with Gasteiger partial charge in [-0.2, -0.15) is 10.2 Å². The quantitative estimate of drug-likeness (QED) is 0.712. The molecule has 0 spiro atoms. The molecule has 0 bridgehead atoms. The molecule has 2 aromatic rings. The molecule has 0 amide bonds. The van der Waals surface area contributed by atoms with Gasteiger partial charge in [0.1, 0.15) is 4.90 Å². The second-order valence-electron chi connectivity index (χ2n) is 4.12. The van der Waals surface area contributed by atoms with Gasteiger partial charge in [0.2, 0.25) is 0 Å². The number of H-pyrrole nitrogens is 1. The second kappa shape index (κ2) is 5.97. The van der Waals surface area contributed by atoms with Gasteiger partial charge in [0, 0.05) is 12.7 Å². The lowest BCUT2D eigenvalue weighted by Crippen LogP contribution is -2.19. The molecule has 0 fully saturated rings. The van der Waals surface area contributed by atoms with E-state index in [0.717, 1.165) is 6.54 Å². The smallest absolute Gasteiger partial charge is 0.266 e. The van der Waals surface area contributed by atoms with Gasteiger partial charge >= 0.3 is 0 Å². The zero-order valence-corrected chi connectivity index (χ0v) is 12.0. The Morgan fingerprint density at radius 2 is 2.20 bits per heavy atom. The van der Waals surface area contributed by atoms with Gasteiger partial charge in [-0.15, -0.1) is 5.10 Å². The number of hydrogen-bond acceptors (Lipinski definition) is 6. The molecule has 0 aromatic carbocycles. The fraction of sp³-hybridized carbons (Fsp3) is 0.364. The molecule has 0 saturated heterocycles. The molecule has 8 nitrogen and oxygen atoms in total. The van der Waals surface area contributed by atoms with Crippen LogP contribution in [0.1, 0.15) is 18.3 Å². The van der Waals surface area contributed by atoms with Crippen LogP contribution in [0.4, 0.5) is 5.82 Å². The molecule has 0 aliphatic rings. The first-order chi connectivity index (χ1) is 9.54. The minimum absolute atomic E-state index is 0.143. The van der Waals surface area contributed by atoms with Crippen LogP contribution in [0.15, 0.2) is 23.2 Å². The fourth-order valence-electron chi connectivity index (χ4n) is 1.73. The molecule has 2 heterocycles. The van der Waals surface area contributed by atoms with Gasteiger partial charge in [-0.05, 0) is 25.6 Å². The summed E-state index contributed by atoms with van der Waals surface area (Å²) >= 11 is 0.